The van der Waals surface area contributed by atoms with Crippen LogP contribution < -0.4 is 16.0 Å². The summed E-state index contributed by atoms with van der Waals surface area (Å²) in [5.74, 6) is -0.541. The molecule has 1 unspecified atom stereocenters. The first kappa shape index (κ1) is 21.4. The van der Waals surface area contributed by atoms with E-state index in [2.05, 4.69) is 16.0 Å². The fourth-order valence-electron chi connectivity index (χ4n) is 3.23. The largest absolute Gasteiger partial charge is 0.444 e. The molecule has 1 aliphatic rings. The quantitative estimate of drug-likeness (QED) is 0.707. The van der Waals surface area contributed by atoms with Crippen LogP contribution in [0.25, 0.3) is 0 Å². The van der Waals surface area contributed by atoms with Gasteiger partial charge in [-0.05, 0) is 50.5 Å². The molecule has 3 rings (SSSR count). The van der Waals surface area contributed by atoms with Gasteiger partial charge in [-0.3, -0.25) is 9.59 Å². The molecular formula is C23H27N3O4. The van der Waals surface area contributed by atoms with E-state index in [1.807, 2.05) is 36.4 Å². The van der Waals surface area contributed by atoms with Gasteiger partial charge in [0.25, 0.3) is 5.91 Å². The van der Waals surface area contributed by atoms with Gasteiger partial charge in [-0.25, -0.2) is 4.79 Å². The first-order valence-corrected chi connectivity index (χ1v) is 9.97. The molecular weight excluding hydrogens is 382 g/mol. The summed E-state index contributed by atoms with van der Waals surface area (Å²) in [7, 11) is 0. The third kappa shape index (κ3) is 5.83. The molecule has 0 saturated carbocycles. The van der Waals surface area contributed by atoms with E-state index in [1.165, 1.54) is 0 Å². The number of benzene rings is 2. The van der Waals surface area contributed by atoms with E-state index in [0.717, 1.165) is 17.5 Å². The zero-order valence-corrected chi connectivity index (χ0v) is 17.5. The molecule has 2 aromatic rings. The maximum Gasteiger partial charge on any atom is 0.408 e. The summed E-state index contributed by atoms with van der Waals surface area (Å²) in [6.07, 6.45) is 0.395. The van der Waals surface area contributed by atoms with Crippen molar-refractivity contribution >= 4 is 23.6 Å². The van der Waals surface area contributed by atoms with Crippen LogP contribution in [-0.4, -0.2) is 36.1 Å². The highest BCUT2D eigenvalue weighted by molar-refractivity contribution is 6.00. The Kier molecular flexibility index (Phi) is 6.40. The van der Waals surface area contributed by atoms with Gasteiger partial charge < -0.3 is 20.7 Å². The van der Waals surface area contributed by atoms with Gasteiger partial charge in [0, 0.05) is 24.2 Å². The molecule has 2 aromatic carbocycles. The molecule has 0 radical (unpaired) electrons. The highest BCUT2D eigenvalue weighted by atomic mass is 16.6. The van der Waals surface area contributed by atoms with Crippen molar-refractivity contribution in [2.24, 2.45) is 0 Å². The number of anilines is 1. The molecule has 0 aromatic heterocycles. The number of nitrogens with one attached hydrogen (secondary N) is 3. The Morgan fingerprint density at radius 1 is 1.13 bits per heavy atom. The molecule has 7 nitrogen and oxygen atoms in total. The Hall–Kier alpha value is -3.35. The van der Waals surface area contributed by atoms with E-state index in [1.54, 1.807) is 32.9 Å². The van der Waals surface area contributed by atoms with Gasteiger partial charge in [-0.1, -0.05) is 36.4 Å². The summed E-state index contributed by atoms with van der Waals surface area (Å²) in [4.78, 5) is 37.3. The van der Waals surface area contributed by atoms with Crippen LogP contribution in [0.5, 0.6) is 0 Å². The van der Waals surface area contributed by atoms with Crippen LogP contribution in [0, 0.1) is 0 Å². The van der Waals surface area contributed by atoms with Crippen molar-refractivity contribution in [2.45, 2.75) is 45.3 Å². The summed E-state index contributed by atoms with van der Waals surface area (Å²) in [5, 5.41) is 8.27. The highest BCUT2D eigenvalue weighted by Gasteiger charge is 2.25. The van der Waals surface area contributed by atoms with Crippen molar-refractivity contribution in [2.75, 3.05) is 11.9 Å². The predicted molar refractivity (Wildman–Crippen MR) is 114 cm³/mol. The summed E-state index contributed by atoms with van der Waals surface area (Å²) < 4.78 is 5.31. The fraction of sp³-hybridized carbons (Fsp3) is 0.348. The Balaban J connectivity index is 1.76. The second-order valence-electron chi connectivity index (χ2n) is 8.26. The summed E-state index contributed by atoms with van der Waals surface area (Å²) in [5.41, 5.74) is 2.23. The van der Waals surface area contributed by atoms with Crippen molar-refractivity contribution < 1.29 is 19.1 Å². The third-order valence-corrected chi connectivity index (χ3v) is 4.59. The molecule has 1 aliphatic heterocycles. The summed E-state index contributed by atoms with van der Waals surface area (Å²) in [6.45, 7) is 5.89. The minimum absolute atomic E-state index is 0.153. The van der Waals surface area contributed by atoms with Crippen LogP contribution in [0.3, 0.4) is 0 Å². The van der Waals surface area contributed by atoms with Crippen molar-refractivity contribution in [1.82, 2.24) is 10.6 Å². The van der Waals surface area contributed by atoms with E-state index in [4.69, 9.17) is 4.74 Å². The Morgan fingerprint density at radius 3 is 2.57 bits per heavy atom. The van der Waals surface area contributed by atoms with Crippen molar-refractivity contribution in [3.63, 3.8) is 0 Å². The molecule has 158 valence electrons. The van der Waals surface area contributed by atoms with Gasteiger partial charge >= 0.3 is 6.09 Å². The molecule has 1 atom stereocenters. The molecule has 3 amide bonds. The van der Waals surface area contributed by atoms with E-state index in [-0.39, 0.29) is 11.8 Å². The first-order chi connectivity index (χ1) is 14.2. The number of hydrogen-bond donors (Lipinski definition) is 3. The molecule has 0 saturated heterocycles. The zero-order chi connectivity index (χ0) is 21.7. The average Bonchev–Trinajstić information content (AvgIpc) is 2.67. The standard InChI is InChI=1S/C23H27N3O4/c1-23(2,3)30-22(29)26-19(13-15-7-5-4-6-8-15)21(28)25-17-10-9-16-11-12-24-20(27)18(16)14-17/h4-10,14,19H,11-13H2,1-3H3,(H,24,27)(H,25,28)(H,26,29). The first-order valence-electron chi connectivity index (χ1n) is 9.97. The van der Waals surface area contributed by atoms with E-state index >= 15 is 0 Å². The lowest BCUT2D eigenvalue weighted by molar-refractivity contribution is -0.118. The second kappa shape index (κ2) is 8.98. The lowest BCUT2D eigenvalue weighted by Gasteiger charge is -2.24. The topological polar surface area (TPSA) is 96.5 Å². The highest BCUT2D eigenvalue weighted by Crippen LogP contribution is 2.19. The van der Waals surface area contributed by atoms with Gasteiger partial charge in [0.15, 0.2) is 0 Å². The summed E-state index contributed by atoms with van der Waals surface area (Å²) in [6, 6.07) is 13.8. The lowest BCUT2D eigenvalue weighted by atomic mass is 9.99. The zero-order valence-electron chi connectivity index (χ0n) is 17.5. The third-order valence-electron chi connectivity index (χ3n) is 4.59. The monoisotopic (exact) mass is 409 g/mol. The minimum atomic E-state index is -0.841. The Labute approximate surface area is 176 Å². The van der Waals surface area contributed by atoms with Crippen LogP contribution >= 0.6 is 0 Å². The molecule has 0 aliphatic carbocycles. The van der Waals surface area contributed by atoms with Gasteiger partial charge in [-0.15, -0.1) is 0 Å². The van der Waals surface area contributed by atoms with Crippen LogP contribution in [0.2, 0.25) is 0 Å². The van der Waals surface area contributed by atoms with Gasteiger partial charge in [0.2, 0.25) is 5.91 Å². The smallest absolute Gasteiger partial charge is 0.408 e. The number of fused-ring (bicyclic) bond motifs is 1. The van der Waals surface area contributed by atoms with Crippen LogP contribution in [0.1, 0.15) is 42.3 Å². The lowest BCUT2D eigenvalue weighted by Crippen LogP contribution is -2.47. The maximum atomic E-state index is 13.0. The molecule has 0 bridgehead atoms. The molecule has 7 heteroatoms. The number of alkyl carbamates (subject to hydrolysis) is 1. The molecule has 0 spiro atoms. The molecule has 0 fully saturated rings. The molecule has 3 N–H and O–H groups in total. The number of ether oxygens (including phenoxy) is 1. The van der Waals surface area contributed by atoms with Crippen molar-refractivity contribution in [3.8, 4) is 0 Å². The molecule has 30 heavy (non-hydrogen) atoms. The van der Waals surface area contributed by atoms with Crippen LogP contribution in [0.4, 0.5) is 10.5 Å². The number of carbonyl (C=O) groups is 3. The predicted octanol–water partition coefficient (Wildman–Crippen LogP) is 3.05. The SMILES string of the molecule is CC(C)(C)OC(=O)NC(Cc1ccccc1)C(=O)Nc1ccc2c(c1)C(=O)NCC2. The summed E-state index contributed by atoms with van der Waals surface area (Å²) >= 11 is 0. The van der Waals surface area contributed by atoms with E-state index in [0.29, 0.717) is 24.2 Å². The maximum absolute atomic E-state index is 13.0. The number of amides is 3. The number of carbonyl (C=O) groups excluding carboxylic acids is 3. The van der Waals surface area contributed by atoms with E-state index in [9.17, 15) is 14.4 Å². The van der Waals surface area contributed by atoms with Crippen LogP contribution in [-0.2, 0) is 22.4 Å². The number of rotatable bonds is 5. The minimum Gasteiger partial charge on any atom is -0.444 e. The van der Waals surface area contributed by atoms with Gasteiger partial charge in [0.1, 0.15) is 11.6 Å². The second-order valence-corrected chi connectivity index (χ2v) is 8.26. The normalized spacial score (nSPS) is 14.2. The van der Waals surface area contributed by atoms with Crippen LogP contribution in [0.15, 0.2) is 48.5 Å². The Morgan fingerprint density at radius 2 is 1.87 bits per heavy atom. The van der Waals surface area contributed by atoms with E-state index < -0.39 is 17.7 Å². The van der Waals surface area contributed by atoms with Crippen molar-refractivity contribution in [3.05, 3.63) is 65.2 Å². The average molecular weight is 409 g/mol. The number of hydrogen-bond acceptors (Lipinski definition) is 4. The van der Waals surface area contributed by atoms with Gasteiger partial charge in [0.05, 0.1) is 0 Å². The van der Waals surface area contributed by atoms with Gasteiger partial charge in [-0.2, -0.15) is 0 Å². The molecule has 1 heterocycles. The fourth-order valence-corrected chi connectivity index (χ4v) is 3.23. The Bertz CT molecular complexity index is 935. The van der Waals surface area contributed by atoms with Crippen molar-refractivity contribution in [1.29, 1.82) is 0 Å².